The van der Waals surface area contributed by atoms with Gasteiger partial charge in [0.15, 0.2) is 0 Å². The Hall–Kier alpha value is -0.843. The van der Waals surface area contributed by atoms with E-state index in [1.165, 1.54) is 6.04 Å². The van der Waals surface area contributed by atoms with Crippen LogP contribution in [0.5, 0.6) is 0 Å². The minimum Gasteiger partial charge on any atom is -0.483 e. The van der Waals surface area contributed by atoms with Crippen LogP contribution in [0.4, 0.5) is 0 Å². The molecule has 0 aromatic heterocycles. The molecule has 0 radical (unpaired) electrons. The van der Waals surface area contributed by atoms with Crippen molar-refractivity contribution in [2.75, 3.05) is 14.2 Å². The number of nitrogens with zero attached hydrogens (tertiary/aromatic N) is 2. The Morgan fingerprint density at radius 2 is 1.68 bits per heavy atom. The van der Waals surface area contributed by atoms with Crippen LogP contribution >= 0.6 is 0 Å². The second kappa shape index (κ2) is 6.55. The number of methoxy groups -OCH3 is 2. The quantitative estimate of drug-likeness (QED) is 0.744. The molecular formula is C14H28N2O2Si. The summed E-state index contributed by atoms with van der Waals surface area (Å²) in [7, 11) is 2.14. The molecule has 0 aliphatic carbocycles. The molecular weight excluding hydrogens is 256 g/mol. The molecule has 5 heteroatoms. The van der Waals surface area contributed by atoms with Gasteiger partial charge in [0.2, 0.25) is 11.8 Å². The zero-order chi connectivity index (χ0) is 14.6. The van der Waals surface area contributed by atoms with E-state index in [2.05, 4.69) is 33.9 Å². The molecule has 0 bridgehead atoms. The van der Waals surface area contributed by atoms with E-state index in [4.69, 9.17) is 19.5 Å². The third kappa shape index (κ3) is 4.06. The van der Waals surface area contributed by atoms with Gasteiger partial charge in [-0.1, -0.05) is 39.9 Å². The van der Waals surface area contributed by atoms with Gasteiger partial charge in [0, 0.05) is 8.07 Å². The fourth-order valence-electron chi connectivity index (χ4n) is 2.16. The highest BCUT2D eigenvalue weighted by molar-refractivity contribution is 6.77. The highest BCUT2D eigenvalue weighted by atomic mass is 28.3. The van der Waals surface area contributed by atoms with Crippen LogP contribution in [-0.2, 0) is 9.47 Å². The number of aliphatic imine (C=N–C) groups is 2. The second-order valence-electron chi connectivity index (χ2n) is 6.27. The molecule has 1 aliphatic heterocycles. The van der Waals surface area contributed by atoms with Crippen LogP contribution in [0.25, 0.3) is 0 Å². The molecule has 4 nitrogen and oxygen atoms in total. The highest BCUT2D eigenvalue weighted by Gasteiger charge is 2.34. The van der Waals surface area contributed by atoms with Gasteiger partial charge in [-0.25, -0.2) is 9.98 Å². The lowest BCUT2D eigenvalue weighted by atomic mass is 10.0. The third-order valence-corrected chi connectivity index (χ3v) is 7.25. The average Bonchev–Trinajstić information content (AvgIpc) is 2.37. The molecule has 0 saturated carbocycles. The Labute approximate surface area is 118 Å². The van der Waals surface area contributed by atoms with Gasteiger partial charge in [0.05, 0.1) is 14.2 Å². The lowest BCUT2D eigenvalue weighted by Crippen LogP contribution is -2.41. The molecule has 110 valence electrons. The highest BCUT2D eigenvalue weighted by Crippen LogP contribution is 2.25. The van der Waals surface area contributed by atoms with Crippen LogP contribution in [-0.4, -0.2) is 46.2 Å². The lowest BCUT2D eigenvalue weighted by molar-refractivity contribution is 0.335. The van der Waals surface area contributed by atoms with Crippen molar-refractivity contribution in [3.8, 4) is 0 Å². The van der Waals surface area contributed by atoms with Crippen molar-refractivity contribution in [1.29, 1.82) is 0 Å². The minimum absolute atomic E-state index is 0.0115. The molecule has 0 aromatic rings. The van der Waals surface area contributed by atoms with Crippen molar-refractivity contribution < 1.29 is 9.47 Å². The maximum atomic E-state index is 5.48. The van der Waals surface area contributed by atoms with Gasteiger partial charge in [-0.3, -0.25) is 0 Å². The first kappa shape index (κ1) is 16.2. The van der Waals surface area contributed by atoms with E-state index in [1.807, 2.05) is 0 Å². The molecule has 1 aliphatic rings. The van der Waals surface area contributed by atoms with Crippen LogP contribution < -0.4 is 0 Å². The SMILES string of the molecule is CC[Si](C)(C)C[C@@H]1N=C(OC)[C@@H](C(C)C)N=C1OC. The third-order valence-electron chi connectivity index (χ3n) is 3.84. The summed E-state index contributed by atoms with van der Waals surface area (Å²) >= 11 is 0. The van der Waals surface area contributed by atoms with Gasteiger partial charge in [0.25, 0.3) is 0 Å². The molecule has 2 atom stereocenters. The van der Waals surface area contributed by atoms with E-state index in [0.717, 1.165) is 17.8 Å². The van der Waals surface area contributed by atoms with E-state index in [9.17, 15) is 0 Å². The van der Waals surface area contributed by atoms with Crippen LogP contribution in [0.15, 0.2) is 9.98 Å². The first-order valence-corrected chi connectivity index (χ1v) is 10.5. The second-order valence-corrected chi connectivity index (χ2v) is 11.7. The Morgan fingerprint density at radius 3 is 2.11 bits per heavy atom. The number of ether oxygens (including phenoxy) is 2. The van der Waals surface area contributed by atoms with Gasteiger partial charge in [-0.2, -0.15) is 0 Å². The summed E-state index contributed by atoms with van der Waals surface area (Å²) in [6.07, 6.45) is 0. The van der Waals surface area contributed by atoms with Crippen molar-refractivity contribution in [1.82, 2.24) is 0 Å². The summed E-state index contributed by atoms with van der Waals surface area (Å²) in [6.45, 7) is 11.3. The molecule has 0 aromatic carbocycles. The number of hydrogen-bond acceptors (Lipinski definition) is 4. The average molecular weight is 284 g/mol. The molecule has 0 N–H and O–H groups in total. The van der Waals surface area contributed by atoms with E-state index in [1.54, 1.807) is 14.2 Å². The van der Waals surface area contributed by atoms with Gasteiger partial charge in [-0.15, -0.1) is 0 Å². The van der Waals surface area contributed by atoms with Crippen molar-refractivity contribution in [2.24, 2.45) is 15.9 Å². The van der Waals surface area contributed by atoms with Crippen LogP contribution in [0, 0.1) is 5.92 Å². The van der Waals surface area contributed by atoms with Crippen molar-refractivity contribution >= 4 is 19.9 Å². The van der Waals surface area contributed by atoms with Crippen LogP contribution in [0.1, 0.15) is 20.8 Å². The Kier molecular flexibility index (Phi) is 5.59. The minimum atomic E-state index is -1.24. The Bertz CT molecular complexity index is 364. The lowest BCUT2D eigenvalue weighted by Gasteiger charge is -2.30. The van der Waals surface area contributed by atoms with E-state index in [-0.39, 0.29) is 12.1 Å². The summed E-state index contributed by atoms with van der Waals surface area (Å²) < 4.78 is 10.9. The fraction of sp³-hybridized carbons (Fsp3) is 0.857. The van der Waals surface area contributed by atoms with Gasteiger partial charge >= 0.3 is 0 Å². The maximum Gasteiger partial charge on any atom is 0.209 e. The normalized spacial score (nSPS) is 24.0. The van der Waals surface area contributed by atoms with Crippen molar-refractivity contribution in [3.63, 3.8) is 0 Å². The molecule has 0 amide bonds. The van der Waals surface area contributed by atoms with E-state index >= 15 is 0 Å². The van der Waals surface area contributed by atoms with Gasteiger partial charge in [-0.05, 0) is 12.0 Å². The molecule has 1 rings (SSSR count). The molecule has 0 unspecified atom stereocenters. The Morgan fingerprint density at radius 1 is 1.11 bits per heavy atom. The Balaban J connectivity index is 2.98. The van der Waals surface area contributed by atoms with E-state index < -0.39 is 8.07 Å². The maximum absolute atomic E-state index is 5.48. The smallest absolute Gasteiger partial charge is 0.209 e. The first-order valence-electron chi connectivity index (χ1n) is 7.08. The molecule has 19 heavy (non-hydrogen) atoms. The first-order chi connectivity index (χ1) is 8.84. The van der Waals surface area contributed by atoms with Crippen LogP contribution in [0.2, 0.25) is 25.2 Å². The zero-order valence-electron chi connectivity index (χ0n) is 13.4. The predicted octanol–water partition coefficient (Wildman–Crippen LogP) is 3.21. The standard InChI is InChI=1S/C14H28N2O2Si/c1-8-19(6,7)9-11-13(17-4)16-12(10(2)3)14(15-11)18-5/h10-12H,8-9H2,1-7H3/t11-,12+/m0/s1. The van der Waals surface area contributed by atoms with Crippen LogP contribution in [0.3, 0.4) is 0 Å². The summed E-state index contributed by atoms with van der Waals surface area (Å²) in [4.78, 5) is 9.47. The monoisotopic (exact) mass is 284 g/mol. The molecule has 0 spiro atoms. The topological polar surface area (TPSA) is 43.2 Å². The number of hydrogen-bond donors (Lipinski definition) is 0. The van der Waals surface area contributed by atoms with Gasteiger partial charge in [0.1, 0.15) is 12.1 Å². The number of rotatable bonds is 4. The zero-order valence-corrected chi connectivity index (χ0v) is 14.4. The summed E-state index contributed by atoms with van der Waals surface area (Å²) in [5.41, 5.74) is 0. The fourth-order valence-corrected chi connectivity index (χ4v) is 3.76. The summed E-state index contributed by atoms with van der Waals surface area (Å²) in [5.74, 6) is 1.89. The van der Waals surface area contributed by atoms with E-state index in [0.29, 0.717) is 5.92 Å². The van der Waals surface area contributed by atoms with Crippen molar-refractivity contribution in [3.05, 3.63) is 0 Å². The molecule has 0 fully saturated rings. The summed E-state index contributed by atoms with van der Waals surface area (Å²) in [6, 6.07) is 2.33. The summed E-state index contributed by atoms with van der Waals surface area (Å²) in [5, 5.41) is 0. The largest absolute Gasteiger partial charge is 0.483 e. The molecule has 1 heterocycles. The van der Waals surface area contributed by atoms with Crippen molar-refractivity contribution in [2.45, 2.75) is 58.0 Å². The predicted molar refractivity (Wildman–Crippen MR) is 84.1 cm³/mol. The van der Waals surface area contributed by atoms with Gasteiger partial charge < -0.3 is 9.47 Å². The molecule has 0 saturated heterocycles.